The number of halogens is 1. The topological polar surface area (TPSA) is 34.6 Å². The number of benzene rings is 3. The largest absolute Gasteiger partial charge is 0.493 e. The molecule has 0 amide bonds. The normalized spacial score (nSPS) is 11.1. The summed E-state index contributed by atoms with van der Waals surface area (Å²) in [7, 11) is 2.07. The fourth-order valence-corrected chi connectivity index (χ4v) is 6.13. The Labute approximate surface area is 289 Å². The van der Waals surface area contributed by atoms with E-state index in [0.717, 1.165) is 70.2 Å². The summed E-state index contributed by atoms with van der Waals surface area (Å²) in [4.78, 5) is 7.44. The number of anilines is 1. The van der Waals surface area contributed by atoms with Crippen LogP contribution in [0.15, 0.2) is 84.9 Å². The number of hydrogen-bond donors (Lipinski definition) is 0. The van der Waals surface area contributed by atoms with Crippen LogP contribution in [0.3, 0.4) is 0 Å². The molecule has 5 heteroatoms. The number of ether oxygens (including phenoxy) is 2. The van der Waals surface area contributed by atoms with E-state index in [1.54, 1.807) is 0 Å². The lowest BCUT2D eigenvalue weighted by Crippen LogP contribution is -2.19. The van der Waals surface area contributed by atoms with E-state index in [2.05, 4.69) is 98.6 Å². The van der Waals surface area contributed by atoms with Gasteiger partial charge in [0.2, 0.25) is 0 Å². The second kappa shape index (κ2) is 20.7. The van der Waals surface area contributed by atoms with Gasteiger partial charge in [-0.15, -0.1) is 11.6 Å². The van der Waals surface area contributed by atoms with Gasteiger partial charge in [0.25, 0.3) is 0 Å². The predicted octanol–water partition coefficient (Wildman–Crippen LogP) is 12.2. The van der Waals surface area contributed by atoms with Crippen LogP contribution >= 0.6 is 11.6 Å². The van der Waals surface area contributed by atoms with E-state index in [1.807, 2.05) is 12.1 Å². The first kappa shape index (κ1) is 36.3. The van der Waals surface area contributed by atoms with E-state index < -0.39 is 0 Å². The molecular formula is C42H55ClN2O2. The molecule has 47 heavy (non-hydrogen) atoms. The maximum atomic E-state index is 6.40. The van der Waals surface area contributed by atoms with Crippen molar-refractivity contribution in [2.45, 2.75) is 90.9 Å². The molecule has 4 rings (SSSR count). The van der Waals surface area contributed by atoms with E-state index in [1.165, 1.54) is 64.2 Å². The van der Waals surface area contributed by atoms with Gasteiger partial charge in [0.05, 0.1) is 24.6 Å². The van der Waals surface area contributed by atoms with Crippen molar-refractivity contribution in [2.75, 3.05) is 37.6 Å². The average molecular weight is 655 g/mol. The molecule has 0 spiro atoms. The van der Waals surface area contributed by atoms with Crippen LogP contribution in [-0.4, -0.2) is 37.7 Å². The quantitative estimate of drug-likeness (QED) is 0.0624. The van der Waals surface area contributed by atoms with Crippen LogP contribution in [0, 0.1) is 0 Å². The summed E-state index contributed by atoms with van der Waals surface area (Å²) in [6, 6.07) is 29.7. The predicted molar refractivity (Wildman–Crippen MR) is 202 cm³/mol. The van der Waals surface area contributed by atoms with Crippen LogP contribution < -0.4 is 14.4 Å². The standard InChI is InChI=1S/C42H55ClN2O2/c1-4-6-8-10-12-18-30-46-41-22-16-14-20-37(41)39-32-35(34-24-26-36(27-25-34)45(3)29-28-43)33-40(44-39)38-21-15-17-23-42(38)47-31-19-13-11-9-7-5-2/h14-17,20-27,32-33H,4-13,18-19,28-31H2,1-3H3. The van der Waals surface area contributed by atoms with Crippen molar-refractivity contribution in [1.29, 1.82) is 0 Å². The highest BCUT2D eigenvalue weighted by atomic mass is 35.5. The van der Waals surface area contributed by atoms with Crippen LogP contribution in [-0.2, 0) is 0 Å². The minimum Gasteiger partial charge on any atom is -0.493 e. The average Bonchev–Trinajstić information content (AvgIpc) is 3.11. The molecule has 1 aromatic heterocycles. The highest BCUT2D eigenvalue weighted by Crippen LogP contribution is 2.37. The van der Waals surface area contributed by atoms with Crippen molar-refractivity contribution in [1.82, 2.24) is 4.98 Å². The highest BCUT2D eigenvalue weighted by Gasteiger charge is 2.15. The molecule has 0 radical (unpaired) electrons. The highest BCUT2D eigenvalue weighted by molar-refractivity contribution is 6.18. The lowest BCUT2D eigenvalue weighted by atomic mass is 9.99. The van der Waals surface area contributed by atoms with E-state index in [4.69, 9.17) is 26.1 Å². The molecule has 0 aliphatic rings. The number of aromatic nitrogens is 1. The molecule has 0 saturated heterocycles. The van der Waals surface area contributed by atoms with Crippen molar-refractivity contribution in [2.24, 2.45) is 0 Å². The molecule has 3 aromatic carbocycles. The molecule has 0 N–H and O–H groups in total. The van der Waals surface area contributed by atoms with Crippen molar-refractivity contribution < 1.29 is 9.47 Å². The number of para-hydroxylation sites is 2. The number of hydrogen-bond acceptors (Lipinski definition) is 4. The van der Waals surface area contributed by atoms with Crippen LogP contribution in [0.1, 0.15) is 90.9 Å². The summed E-state index contributed by atoms with van der Waals surface area (Å²) in [5.74, 6) is 2.35. The summed E-state index contributed by atoms with van der Waals surface area (Å²) >= 11 is 6.01. The number of alkyl halides is 1. The first-order valence-electron chi connectivity index (χ1n) is 18.0. The fourth-order valence-electron chi connectivity index (χ4n) is 5.87. The second-order valence-electron chi connectivity index (χ2n) is 12.5. The Morgan fingerprint density at radius 2 is 1.04 bits per heavy atom. The van der Waals surface area contributed by atoms with Crippen molar-refractivity contribution in [3.05, 3.63) is 84.9 Å². The molecule has 0 fully saturated rings. The lowest BCUT2D eigenvalue weighted by Gasteiger charge is -2.18. The molecular weight excluding hydrogens is 600 g/mol. The molecule has 0 atom stereocenters. The van der Waals surface area contributed by atoms with E-state index in [0.29, 0.717) is 19.1 Å². The summed E-state index contributed by atoms with van der Waals surface area (Å²) in [6.45, 7) is 6.74. The van der Waals surface area contributed by atoms with Gasteiger partial charge >= 0.3 is 0 Å². The zero-order valence-electron chi connectivity index (χ0n) is 29.0. The SMILES string of the molecule is CCCCCCCCOc1ccccc1-c1cc(-c2ccc(N(C)CCCl)cc2)cc(-c2ccccc2OCCCCCCCC)n1. The zero-order valence-corrected chi connectivity index (χ0v) is 29.7. The minimum absolute atomic E-state index is 0.593. The number of nitrogens with zero attached hydrogens (tertiary/aromatic N) is 2. The molecule has 4 nitrogen and oxygen atoms in total. The Kier molecular flexibility index (Phi) is 16.0. The van der Waals surface area contributed by atoms with Gasteiger partial charge in [-0.25, -0.2) is 4.98 Å². The van der Waals surface area contributed by atoms with E-state index >= 15 is 0 Å². The Morgan fingerprint density at radius 3 is 1.53 bits per heavy atom. The lowest BCUT2D eigenvalue weighted by molar-refractivity contribution is 0.305. The van der Waals surface area contributed by atoms with Gasteiger partial charge in [-0.1, -0.05) is 114 Å². The third-order valence-electron chi connectivity index (χ3n) is 8.72. The molecule has 4 aromatic rings. The first-order valence-corrected chi connectivity index (χ1v) is 18.5. The maximum absolute atomic E-state index is 6.40. The van der Waals surface area contributed by atoms with E-state index in [-0.39, 0.29) is 0 Å². The van der Waals surface area contributed by atoms with Gasteiger partial charge in [-0.05, 0) is 72.5 Å². The maximum Gasteiger partial charge on any atom is 0.128 e. The molecule has 0 saturated carbocycles. The van der Waals surface area contributed by atoms with Gasteiger partial charge in [-0.2, -0.15) is 0 Å². The van der Waals surface area contributed by atoms with Crippen LogP contribution in [0.25, 0.3) is 33.6 Å². The van der Waals surface area contributed by atoms with Crippen LogP contribution in [0.2, 0.25) is 0 Å². The minimum atomic E-state index is 0.593. The smallest absolute Gasteiger partial charge is 0.128 e. The summed E-state index contributed by atoms with van der Waals surface area (Å²) in [6.07, 6.45) is 14.8. The van der Waals surface area contributed by atoms with Gasteiger partial charge in [0.15, 0.2) is 0 Å². The molecule has 0 aliphatic carbocycles. The Morgan fingerprint density at radius 1 is 0.574 bits per heavy atom. The fraction of sp³-hybridized carbons (Fsp3) is 0.452. The molecule has 0 unspecified atom stereocenters. The van der Waals surface area contributed by atoms with Gasteiger partial charge in [0.1, 0.15) is 11.5 Å². The number of rotatable bonds is 22. The Bertz CT molecular complexity index is 1380. The zero-order chi connectivity index (χ0) is 33.1. The molecule has 252 valence electrons. The van der Waals surface area contributed by atoms with Gasteiger partial charge in [0, 0.05) is 36.3 Å². The number of pyridine rings is 1. The summed E-state index contributed by atoms with van der Waals surface area (Å²) < 4.78 is 12.8. The molecule has 0 bridgehead atoms. The van der Waals surface area contributed by atoms with Crippen molar-refractivity contribution in [3.8, 4) is 45.1 Å². The van der Waals surface area contributed by atoms with Crippen LogP contribution in [0.4, 0.5) is 5.69 Å². The molecule has 0 aliphatic heterocycles. The molecule has 1 heterocycles. The third kappa shape index (κ3) is 11.6. The Hall–Kier alpha value is -3.50. The second-order valence-corrected chi connectivity index (χ2v) is 12.9. The van der Waals surface area contributed by atoms with Crippen LogP contribution in [0.5, 0.6) is 11.5 Å². The third-order valence-corrected chi connectivity index (χ3v) is 8.89. The number of unbranched alkanes of at least 4 members (excludes halogenated alkanes) is 10. The summed E-state index contributed by atoms with van der Waals surface area (Å²) in [5, 5.41) is 0. The van der Waals surface area contributed by atoms with Gasteiger partial charge in [-0.3, -0.25) is 0 Å². The van der Waals surface area contributed by atoms with Gasteiger partial charge < -0.3 is 14.4 Å². The Balaban J connectivity index is 1.63. The summed E-state index contributed by atoms with van der Waals surface area (Å²) in [5.41, 5.74) is 7.18. The first-order chi connectivity index (χ1) is 23.1. The van der Waals surface area contributed by atoms with E-state index in [9.17, 15) is 0 Å². The van der Waals surface area contributed by atoms with Crippen molar-refractivity contribution >= 4 is 17.3 Å². The van der Waals surface area contributed by atoms with Crippen molar-refractivity contribution in [3.63, 3.8) is 0 Å². The monoisotopic (exact) mass is 654 g/mol.